The Morgan fingerprint density at radius 3 is 1.07 bits per heavy atom. The number of carbonyl (C=O) groups excluding carboxylic acids is 1. The number of amides is 1. The SMILES string of the molecule is CC(Oc1cc(-c2cn[nH]c2)cnc1N)c1c(Cl)ccc(F)c1Cl.CC(Oc1cc(-c2cnn(C3CC4CCC(C3)N4)c2)cnc1N)c1c(Cl)ccc(F)c1Cl.CC(Oc1cc(-c2cnn(C3CCN(CC(N)=O)CC3)c2)cnc1N)c1c(Cl)ccc(F)c1Cl.CC(Oc1cc(-c2cnn(C3CN(C(C)C)C3)c2)cnc1N)c1c(Cl)ccc(F)c1Cl. The van der Waals surface area contributed by atoms with E-state index in [4.69, 9.17) is 140 Å². The van der Waals surface area contributed by atoms with Crippen LogP contribution in [0.1, 0.15) is 145 Å². The van der Waals surface area contributed by atoms with Crippen LogP contribution in [-0.4, -0.2) is 126 Å². The lowest BCUT2D eigenvalue weighted by Crippen LogP contribution is -2.50. The van der Waals surface area contributed by atoms with Gasteiger partial charge >= 0.3 is 0 Å². The summed E-state index contributed by atoms with van der Waals surface area (Å²) in [6, 6.07) is 20.4. The van der Waals surface area contributed by atoms with Crippen molar-refractivity contribution in [3.05, 3.63) is 233 Å². The summed E-state index contributed by atoms with van der Waals surface area (Å²) in [4.78, 5) is 32.5. The topological polar surface area (TPSA) is 336 Å². The molecule has 25 nitrogen and oxygen atoms in total. The highest BCUT2D eigenvalue weighted by molar-refractivity contribution is 6.38. The van der Waals surface area contributed by atoms with Crippen LogP contribution < -0.4 is 52.9 Å². The van der Waals surface area contributed by atoms with Crippen molar-refractivity contribution in [2.45, 2.75) is 141 Å². The van der Waals surface area contributed by atoms with Crippen molar-refractivity contribution in [2.24, 2.45) is 5.73 Å². The molecular formula is C84H86Cl8F4N20O5. The van der Waals surface area contributed by atoms with Gasteiger partial charge in [0, 0.05) is 181 Å². The Morgan fingerprint density at radius 1 is 0.438 bits per heavy atom. The number of rotatable bonds is 22. The molecule has 2 bridgehead atoms. The van der Waals surface area contributed by atoms with Crippen LogP contribution in [0.3, 0.4) is 0 Å². The van der Waals surface area contributed by atoms with E-state index in [-0.39, 0.29) is 61.9 Å². The average Bonchev–Trinajstić information content (AvgIpc) is 1.17. The Labute approximate surface area is 735 Å². The Morgan fingerprint density at radius 2 is 0.760 bits per heavy atom. The number of nitrogens with one attached hydrogen (secondary N) is 2. The molecule has 4 fully saturated rings. The molecule has 12 aromatic rings. The zero-order valence-electron chi connectivity index (χ0n) is 66.2. The van der Waals surface area contributed by atoms with Crippen molar-refractivity contribution >= 4 is 122 Å². The first kappa shape index (κ1) is 88.9. The molecule has 4 aliphatic heterocycles. The number of anilines is 4. The third-order valence-corrected chi connectivity index (χ3v) is 24.3. The predicted octanol–water partition coefficient (Wildman–Crippen LogP) is 19.8. The van der Waals surface area contributed by atoms with Gasteiger partial charge in [-0.15, -0.1) is 0 Å². The van der Waals surface area contributed by atoms with Gasteiger partial charge in [-0.05, 0) is 153 Å². The van der Waals surface area contributed by atoms with Gasteiger partial charge in [-0.25, -0.2) is 37.5 Å². The standard InChI is InChI=1S/C23H25Cl2FN6O2.C23H24Cl2FN5O.C22H24Cl2FN5O.C16H13Cl2FN4O/c1-13(21-17(24)2-3-18(26)22(21)25)34-19-8-14(9-29-23(19)28)15-10-30-32(11-15)16-4-6-31(7-5-16)12-20(27)33;1-12(21-18(24)4-5-19(26)22(21)25)32-20-6-13(9-28-23(20)27)14-10-29-31(11-14)17-7-15-2-3-16(8-17)30-15;1-12(2)29-10-16(11-29)30-9-15(8-28-30)14-6-19(22(26)27-7-14)31-13(3)20-17(23)4-5-18(25)21(20)24;1-8(14-11(17)2-3-12(19)15(14)18)24-13-4-9(5-21-16(13)20)10-6-22-23-7-10/h2-3,8-11,13,16H,4-7,12H2,1H3,(H2,27,33)(H2,28,29);4-6,9-12,15-17,30H,2-3,7-8H2,1H3,(H2,27,28);4-9,12-13,16H,10-11H2,1-3H3,(H2,26,27);2-8H,1H3,(H2,20,21)(H,22,23). The first-order valence-electron chi connectivity index (χ1n) is 38.7. The fourth-order valence-electron chi connectivity index (χ4n) is 14.8. The third-order valence-electron chi connectivity index (χ3n) is 21.4. The number of hydrogen-bond acceptors (Lipinski definition) is 20. The van der Waals surface area contributed by atoms with Crippen LogP contribution in [0.25, 0.3) is 44.5 Å². The molecule has 4 aromatic carbocycles. The van der Waals surface area contributed by atoms with Crippen LogP contribution in [0.4, 0.5) is 40.8 Å². The fourth-order valence-corrected chi connectivity index (χ4v) is 17.6. The minimum atomic E-state index is -0.664. The molecule has 0 radical (unpaired) electrons. The molecule has 1 amide bonds. The number of benzene rings is 4. The zero-order valence-corrected chi connectivity index (χ0v) is 72.2. The van der Waals surface area contributed by atoms with Gasteiger partial charge < -0.3 is 52.9 Å². The number of nitrogens with two attached hydrogens (primary N) is 5. The van der Waals surface area contributed by atoms with Gasteiger partial charge in [0.15, 0.2) is 46.3 Å². The van der Waals surface area contributed by atoms with E-state index >= 15 is 0 Å². The van der Waals surface area contributed by atoms with E-state index < -0.39 is 47.7 Å². The molecule has 4 saturated heterocycles. The lowest BCUT2D eigenvalue weighted by molar-refractivity contribution is -0.119. The number of nitrogens with zero attached hydrogens (tertiary/aromatic N) is 13. The van der Waals surface area contributed by atoms with Gasteiger partial charge in [0.05, 0.1) is 69.5 Å². The minimum Gasteiger partial charge on any atom is -0.482 e. The second kappa shape index (κ2) is 39.1. The van der Waals surface area contributed by atoms with E-state index in [9.17, 15) is 22.4 Å². The van der Waals surface area contributed by atoms with Gasteiger partial charge in [0.1, 0.15) is 47.7 Å². The van der Waals surface area contributed by atoms with Crippen molar-refractivity contribution in [1.29, 1.82) is 0 Å². The Balaban J connectivity index is 0.000000140. The minimum absolute atomic E-state index is 0.0649. The number of H-pyrrole nitrogens is 1. The molecule has 6 unspecified atom stereocenters. The second-order valence-corrected chi connectivity index (χ2v) is 33.2. The number of carbonyl (C=O) groups is 1. The van der Waals surface area contributed by atoms with Crippen LogP contribution in [-0.2, 0) is 4.79 Å². The predicted molar refractivity (Wildman–Crippen MR) is 466 cm³/mol. The largest absolute Gasteiger partial charge is 0.482 e. The van der Waals surface area contributed by atoms with Crippen LogP contribution in [0.2, 0.25) is 40.2 Å². The zero-order chi connectivity index (χ0) is 86.4. The summed E-state index contributed by atoms with van der Waals surface area (Å²) < 4.78 is 85.3. The van der Waals surface area contributed by atoms with E-state index in [1.165, 1.54) is 61.4 Å². The highest BCUT2D eigenvalue weighted by atomic mass is 35.5. The monoisotopic (exact) mass is 1810 g/mol. The van der Waals surface area contributed by atoms with Gasteiger partial charge in [0.2, 0.25) is 5.91 Å². The van der Waals surface area contributed by atoms with Crippen molar-refractivity contribution in [2.75, 3.05) is 55.7 Å². The number of likely N-dealkylation sites (tertiary alicyclic amines) is 2. The quantitative estimate of drug-likeness (QED) is 0.0245. The summed E-state index contributed by atoms with van der Waals surface area (Å²) in [6.07, 6.45) is 25.3. The Kier molecular flexibility index (Phi) is 28.7. The number of pyridine rings is 4. The van der Waals surface area contributed by atoms with Crippen LogP contribution in [0.15, 0.2) is 147 Å². The average molecular weight is 1820 g/mol. The first-order valence-corrected chi connectivity index (χ1v) is 41.7. The number of fused-ring (bicyclic) bond motifs is 2. The number of aromatic amines is 1. The van der Waals surface area contributed by atoms with Gasteiger partial charge in [-0.3, -0.25) is 33.7 Å². The lowest BCUT2D eigenvalue weighted by atomic mass is 10.00. The molecule has 12 N–H and O–H groups in total. The summed E-state index contributed by atoms with van der Waals surface area (Å²) in [5, 5.41) is 24.9. The number of primary amides is 1. The maximum atomic E-state index is 13.9. The summed E-state index contributed by atoms with van der Waals surface area (Å²) in [5.41, 5.74) is 37.4. The van der Waals surface area contributed by atoms with Crippen LogP contribution in [0.5, 0.6) is 23.0 Å². The summed E-state index contributed by atoms with van der Waals surface area (Å²) in [6.45, 7) is 15.1. The molecule has 636 valence electrons. The fraction of sp³-hybridized carbons (Fsp3) is 0.321. The smallest absolute Gasteiger partial charge is 0.231 e. The van der Waals surface area contributed by atoms with E-state index in [2.05, 4.69) is 85.3 Å². The Bertz CT molecular complexity index is 5670. The van der Waals surface area contributed by atoms with Crippen molar-refractivity contribution in [3.63, 3.8) is 0 Å². The van der Waals surface area contributed by atoms with Crippen molar-refractivity contribution < 1.29 is 41.3 Å². The highest BCUT2D eigenvalue weighted by Gasteiger charge is 2.36. The lowest BCUT2D eigenvalue weighted by Gasteiger charge is -2.41. The third kappa shape index (κ3) is 21.1. The Hall–Kier alpha value is -9.89. The maximum absolute atomic E-state index is 13.9. The van der Waals surface area contributed by atoms with Crippen LogP contribution >= 0.6 is 92.8 Å². The maximum Gasteiger partial charge on any atom is 0.231 e. The molecule has 37 heteroatoms. The van der Waals surface area contributed by atoms with Crippen molar-refractivity contribution in [1.82, 2.24) is 74.6 Å². The number of halogens is 12. The molecule has 0 spiro atoms. The van der Waals surface area contributed by atoms with E-state index in [1.807, 2.05) is 34.0 Å². The van der Waals surface area contributed by atoms with Gasteiger partial charge in [0.25, 0.3) is 0 Å². The number of aromatic nitrogens is 12. The van der Waals surface area contributed by atoms with Gasteiger partial charge in [-0.1, -0.05) is 92.8 Å². The molecule has 12 heterocycles. The first-order chi connectivity index (χ1) is 57.8. The van der Waals surface area contributed by atoms with Gasteiger partial charge in [-0.2, -0.15) is 20.4 Å². The summed E-state index contributed by atoms with van der Waals surface area (Å²) in [5.74, 6) is -0.319. The number of piperidine rings is 2. The molecular weight excluding hydrogens is 1730 g/mol. The summed E-state index contributed by atoms with van der Waals surface area (Å²) in [7, 11) is 0. The van der Waals surface area contributed by atoms with E-state index in [0.717, 1.165) is 96.4 Å². The molecule has 121 heavy (non-hydrogen) atoms. The molecule has 0 saturated carbocycles. The summed E-state index contributed by atoms with van der Waals surface area (Å²) >= 11 is 49.2. The molecule has 0 aliphatic carbocycles. The van der Waals surface area contributed by atoms with Crippen LogP contribution in [0, 0.1) is 23.3 Å². The molecule has 8 aromatic heterocycles. The number of hydrogen-bond donors (Lipinski definition) is 7. The molecule has 4 aliphatic rings. The van der Waals surface area contributed by atoms with Crippen molar-refractivity contribution in [3.8, 4) is 67.5 Å². The number of ether oxygens (including phenoxy) is 4. The molecule has 6 atom stereocenters. The molecule has 16 rings (SSSR count). The normalized spacial score (nSPS) is 17.1. The highest BCUT2D eigenvalue weighted by Crippen LogP contribution is 2.44. The second-order valence-electron chi connectivity index (χ2n) is 30.0. The van der Waals surface area contributed by atoms with E-state index in [0.29, 0.717) is 95.6 Å². The number of nitrogen functional groups attached to an aromatic ring is 4. The van der Waals surface area contributed by atoms with E-state index in [1.54, 1.807) is 95.5 Å².